The number of rotatable bonds is 5. The van der Waals surface area contributed by atoms with Gasteiger partial charge in [0.25, 0.3) is 11.8 Å². The molecular weight excluding hydrogens is 392 g/mol. The SMILES string of the molecule is COc1ccccc1C1=C(N2CCCC(CO)C2)C(=O)N(C2CCCCCCC2)C1=O. The predicted molar refractivity (Wildman–Crippen MR) is 119 cm³/mol. The van der Waals surface area contributed by atoms with Crippen molar-refractivity contribution in [2.24, 2.45) is 5.92 Å². The molecule has 2 heterocycles. The average Bonchev–Trinajstić information content (AvgIpc) is 3.04. The Morgan fingerprint density at radius 2 is 1.68 bits per heavy atom. The van der Waals surface area contributed by atoms with Crippen molar-refractivity contribution < 1.29 is 19.4 Å². The first-order chi connectivity index (χ1) is 15.2. The molecular formula is C25H34N2O4. The highest BCUT2D eigenvalue weighted by Gasteiger charge is 2.45. The molecule has 0 aromatic heterocycles. The minimum absolute atomic E-state index is 0.0408. The lowest BCUT2D eigenvalue weighted by Crippen LogP contribution is -2.44. The smallest absolute Gasteiger partial charge is 0.278 e. The van der Waals surface area contributed by atoms with Crippen LogP contribution in [0.5, 0.6) is 5.75 Å². The number of aliphatic hydroxyl groups is 1. The standard InChI is InChI=1S/C25H34N2O4/c1-31-21-14-8-7-13-20(21)22-23(26-15-9-10-18(16-26)17-28)25(30)27(24(22)29)19-11-5-3-2-4-6-12-19/h7-8,13-14,18-19,28H,2-6,9-12,15-17H2,1H3. The summed E-state index contributed by atoms with van der Waals surface area (Å²) in [5, 5.41) is 9.72. The van der Waals surface area contributed by atoms with Crippen molar-refractivity contribution in [3.63, 3.8) is 0 Å². The van der Waals surface area contributed by atoms with Crippen LogP contribution in [0.3, 0.4) is 0 Å². The van der Waals surface area contributed by atoms with E-state index in [9.17, 15) is 14.7 Å². The molecule has 4 rings (SSSR count). The van der Waals surface area contributed by atoms with Gasteiger partial charge in [0, 0.05) is 31.3 Å². The molecule has 1 saturated heterocycles. The van der Waals surface area contributed by atoms with Gasteiger partial charge in [-0.2, -0.15) is 0 Å². The number of hydrogen-bond donors (Lipinski definition) is 1. The first-order valence-corrected chi connectivity index (χ1v) is 11.8. The van der Waals surface area contributed by atoms with Crippen molar-refractivity contribution >= 4 is 17.4 Å². The average molecular weight is 427 g/mol. The van der Waals surface area contributed by atoms with Gasteiger partial charge in [-0.3, -0.25) is 14.5 Å². The van der Waals surface area contributed by atoms with Crippen molar-refractivity contribution in [1.82, 2.24) is 9.80 Å². The maximum Gasteiger partial charge on any atom is 0.278 e. The summed E-state index contributed by atoms with van der Waals surface area (Å²) in [6, 6.07) is 7.42. The Bertz CT molecular complexity index is 842. The Morgan fingerprint density at radius 3 is 2.39 bits per heavy atom. The minimum atomic E-state index is -0.193. The number of ether oxygens (including phenoxy) is 1. The van der Waals surface area contributed by atoms with Gasteiger partial charge in [0.15, 0.2) is 0 Å². The van der Waals surface area contributed by atoms with E-state index in [-0.39, 0.29) is 30.4 Å². The number of benzene rings is 1. The van der Waals surface area contributed by atoms with Crippen molar-refractivity contribution in [1.29, 1.82) is 0 Å². The zero-order chi connectivity index (χ0) is 21.8. The van der Waals surface area contributed by atoms with Crippen molar-refractivity contribution in [2.45, 2.75) is 63.8 Å². The fourth-order valence-corrected chi connectivity index (χ4v) is 5.36. The second-order valence-corrected chi connectivity index (χ2v) is 9.04. The van der Waals surface area contributed by atoms with Gasteiger partial charge in [-0.15, -0.1) is 0 Å². The molecule has 168 valence electrons. The van der Waals surface area contributed by atoms with E-state index < -0.39 is 0 Å². The maximum atomic E-state index is 13.8. The van der Waals surface area contributed by atoms with Gasteiger partial charge in [-0.25, -0.2) is 0 Å². The van der Waals surface area contributed by atoms with Gasteiger partial charge < -0.3 is 14.7 Å². The van der Waals surface area contributed by atoms with Crippen LogP contribution in [-0.4, -0.2) is 59.6 Å². The van der Waals surface area contributed by atoms with Crippen LogP contribution >= 0.6 is 0 Å². The third-order valence-corrected chi connectivity index (χ3v) is 7.00. The van der Waals surface area contributed by atoms with Crippen LogP contribution < -0.4 is 4.74 Å². The number of piperidine rings is 1. The zero-order valence-electron chi connectivity index (χ0n) is 18.5. The van der Waals surface area contributed by atoms with E-state index in [2.05, 4.69) is 0 Å². The molecule has 1 aromatic carbocycles. The monoisotopic (exact) mass is 426 g/mol. The summed E-state index contributed by atoms with van der Waals surface area (Å²) in [4.78, 5) is 31.2. The molecule has 1 aliphatic carbocycles. The molecule has 2 fully saturated rings. The highest BCUT2D eigenvalue weighted by Crippen LogP contribution is 2.39. The number of methoxy groups -OCH3 is 1. The molecule has 3 aliphatic rings. The van der Waals surface area contributed by atoms with Crippen LogP contribution in [0.25, 0.3) is 5.57 Å². The van der Waals surface area contributed by atoms with Gasteiger partial charge in [-0.05, 0) is 37.7 Å². The van der Waals surface area contributed by atoms with Gasteiger partial charge in [-0.1, -0.05) is 50.3 Å². The number of nitrogens with zero attached hydrogens (tertiary/aromatic N) is 2. The number of likely N-dealkylation sites (tertiary alicyclic amines) is 1. The van der Waals surface area contributed by atoms with Crippen LogP contribution in [0.2, 0.25) is 0 Å². The van der Waals surface area contributed by atoms with Crippen LogP contribution in [0.15, 0.2) is 30.0 Å². The summed E-state index contributed by atoms with van der Waals surface area (Å²) in [7, 11) is 1.59. The van der Waals surface area contributed by atoms with Crippen LogP contribution in [0.1, 0.15) is 63.4 Å². The lowest BCUT2D eigenvalue weighted by molar-refractivity contribution is -0.140. The molecule has 1 aromatic rings. The third-order valence-electron chi connectivity index (χ3n) is 7.00. The molecule has 0 spiro atoms. The molecule has 0 bridgehead atoms. The van der Waals surface area contributed by atoms with E-state index in [0.717, 1.165) is 57.9 Å². The summed E-state index contributed by atoms with van der Waals surface area (Å²) in [6.07, 6.45) is 9.27. The second kappa shape index (κ2) is 9.86. The number of carbonyl (C=O) groups is 2. The molecule has 6 heteroatoms. The Balaban J connectivity index is 1.75. The largest absolute Gasteiger partial charge is 0.496 e. The lowest BCUT2D eigenvalue weighted by Gasteiger charge is -2.35. The summed E-state index contributed by atoms with van der Waals surface area (Å²) in [5.74, 6) is 0.362. The van der Waals surface area contributed by atoms with E-state index >= 15 is 0 Å². The van der Waals surface area contributed by atoms with Gasteiger partial charge in [0.05, 0.1) is 12.7 Å². The number of amides is 2. The highest BCUT2D eigenvalue weighted by atomic mass is 16.5. The summed E-state index contributed by atoms with van der Waals surface area (Å²) in [5.41, 5.74) is 1.63. The Morgan fingerprint density at radius 1 is 0.968 bits per heavy atom. The summed E-state index contributed by atoms with van der Waals surface area (Å²) in [6.45, 7) is 1.42. The maximum absolute atomic E-state index is 13.8. The van der Waals surface area contributed by atoms with Gasteiger partial charge in [0.1, 0.15) is 11.4 Å². The molecule has 1 atom stereocenters. The van der Waals surface area contributed by atoms with E-state index in [4.69, 9.17) is 4.74 Å². The Kier molecular flexibility index (Phi) is 6.96. The quantitative estimate of drug-likeness (QED) is 0.729. The first-order valence-electron chi connectivity index (χ1n) is 11.8. The number of carbonyl (C=O) groups excluding carboxylic acids is 2. The molecule has 1 unspecified atom stereocenters. The lowest BCUT2D eigenvalue weighted by atomic mass is 9.95. The Hall–Kier alpha value is -2.34. The van der Waals surface area contributed by atoms with E-state index in [1.54, 1.807) is 12.0 Å². The van der Waals surface area contributed by atoms with E-state index in [0.29, 0.717) is 29.1 Å². The first kappa shape index (κ1) is 21.9. The number of hydrogen-bond acceptors (Lipinski definition) is 5. The van der Waals surface area contributed by atoms with Crippen molar-refractivity contribution in [2.75, 3.05) is 26.8 Å². The third kappa shape index (κ3) is 4.36. The number of para-hydroxylation sites is 1. The molecule has 2 amide bonds. The molecule has 6 nitrogen and oxygen atoms in total. The van der Waals surface area contributed by atoms with E-state index in [1.165, 1.54) is 6.42 Å². The molecule has 31 heavy (non-hydrogen) atoms. The summed E-state index contributed by atoms with van der Waals surface area (Å²) >= 11 is 0. The predicted octanol–water partition coefficient (Wildman–Crippen LogP) is 3.59. The van der Waals surface area contributed by atoms with Gasteiger partial charge >= 0.3 is 0 Å². The zero-order valence-corrected chi connectivity index (χ0v) is 18.5. The van der Waals surface area contributed by atoms with E-state index in [1.807, 2.05) is 29.2 Å². The Labute approximate surface area is 184 Å². The molecule has 1 saturated carbocycles. The molecule has 2 aliphatic heterocycles. The van der Waals surface area contributed by atoms with Crippen LogP contribution in [0, 0.1) is 5.92 Å². The van der Waals surface area contributed by atoms with Crippen LogP contribution in [-0.2, 0) is 9.59 Å². The molecule has 0 radical (unpaired) electrons. The van der Waals surface area contributed by atoms with Crippen LogP contribution in [0.4, 0.5) is 0 Å². The molecule has 1 N–H and O–H groups in total. The normalized spacial score (nSPS) is 23.9. The fourth-order valence-electron chi connectivity index (χ4n) is 5.36. The van der Waals surface area contributed by atoms with Crippen molar-refractivity contribution in [3.05, 3.63) is 35.5 Å². The number of aliphatic hydroxyl groups excluding tert-OH is 1. The van der Waals surface area contributed by atoms with Gasteiger partial charge in [0.2, 0.25) is 0 Å². The topological polar surface area (TPSA) is 70.1 Å². The second-order valence-electron chi connectivity index (χ2n) is 9.04. The minimum Gasteiger partial charge on any atom is -0.496 e. The fraction of sp³-hybridized carbons (Fsp3) is 0.600. The van der Waals surface area contributed by atoms with Crippen molar-refractivity contribution in [3.8, 4) is 5.75 Å². The summed E-state index contributed by atoms with van der Waals surface area (Å²) < 4.78 is 5.56. The highest BCUT2D eigenvalue weighted by molar-refractivity contribution is 6.36. The number of imide groups is 1.